The SMILES string of the molecule is CN(C)c1cc(NC#N)c(O)c2c1C[C@H]1C[C@H]3CC(=O)C(C(N)=O)C(=O)[C@@]3(O)C(=O)C1C2=O. The summed E-state index contributed by atoms with van der Waals surface area (Å²) in [4.78, 5) is 65.6. The highest BCUT2D eigenvalue weighted by Crippen LogP contribution is 2.52. The van der Waals surface area contributed by atoms with Crippen LogP contribution in [0.1, 0.15) is 28.8 Å². The van der Waals surface area contributed by atoms with E-state index in [-0.39, 0.29) is 30.5 Å². The maximum Gasteiger partial charge on any atom is 0.235 e. The molecule has 1 aromatic rings. The number of aliphatic hydroxyl groups is 1. The number of carbonyl (C=O) groups excluding carboxylic acids is 5. The van der Waals surface area contributed by atoms with E-state index in [1.807, 2.05) is 0 Å². The van der Waals surface area contributed by atoms with E-state index >= 15 is 0 Å². The highest BCUT2D eigenvalue weighted by Gasteiger charge is 2.66. The maximum absolute atomic E-state index is 13.5. The molecule has 172 valence electrons. The van der Waals surface area contributed by atoms with Gasteiger partial charge < -0.3 is 20.8 Å². The van der Waals surface area contributed by atoms with Gasteiger partial charge in [-0.05, 0) is 30.4 Å². The lowest BCUT2D eigenvalue weighted by Gasteiger charge is -2.48. The number of nitrogens with zero attached hydrogens (tertiary/aromatic N) is 2. The molecule has 2 saturated carbocycles. The Hall–Kier alpha value is -3.78. The second-order valence-corrected chi connectivity index (χ2v) is 9.02. The normalized spacial score (nSPS) is 30.6. The van der Waals surface area contributed by atoms with Gasteiger partial charge in [0.25, 0.3) is 0 Å². The van der Waals surface area contributed by atoms with Crippen molar-refractivity contribution in [2.75, 3.05) is 24.3 Å². The van der Waals surface area contributed by atoms with Crippen molar-refractivity contribution in [2.24, 2.45) is 29.4 Å². The van der Waals surface area contributed by atoms with Crippen LogP contribution in [0.25, 0.3) is 0 Å². The highest BCUT2D eigenvalue weighted by molar-refractivity contribution is 6.31. The zero-order valence-electron chi connectivity index (χ0n) is 17.9. The number of nitrogens with one attached hydrogen (secondary N) is 1. The minimum atomic E-state index is -2.69. The zero-order chi connectivity index (χ0) is 24.4. The van der Waals surface area contributed by atoms with Crippen LogP contribution in [0.4, 0.5) is 11.4 Å². The number of fused-ring (bicyclic) bond motifs is 3. The Morgan fingerprint density at radius 3 is 2.48 bits per heavy atom. The molecule has 5 atom stereocenters. The summed E-state index contributed by atoms with van der Waals surface area (Å²) in [5.41, 5.74) is 3.30. The third-order valence-corrected chi connectivity index (χ3v) is 7.05. The molecule has 33 heavy (non-hydrogen) atoms. The topological polar surface area (TPSA) is 191 Å². The fourth-order valence-electron chi connectivity index (χ4n) is 5.57. The van der Waals surface area contributed by atoms with Crippen LogP contribution < -0.4 is 16.0 Å². The molecule has 11 nitrogen and oxygen atoms in total. The molecule has 2 unspecified atom stereocenters. The number of Topliss-reactive ketones (excluding diaryl/α,β-unsaturated/α-hetero) is 4. The van der Waals surface area contributed by atoms with Crippen molar-refractivity contribution in [1.29, 1.82) is 5.26 Å². The second-order valence-electron chi connectivity index (χ2n) is 9.02. The monoisotopic (exact) mass is 454 g/mol. The van der Waals surface area contributed by atoms with E-state index in [0.717, 1.165) is 0 Å². The number of carbonyl (C=O) groups is 5. The first-order valence-corrected chi connectivity index (χ1v) is 10.3. The summed E-state index contributed by atoms with van der Waals surface area (Å²) in [6.45, 7) is 0. The maximum atomic E-state index is 13.5. The molecule has 11 heteroatoms. The first-order valence-electron chi connectivity index (χ1n) is 10.3. The second kappa shape index (κ2) is 7.38. The Balaban J connectivity index is 1.86. The Morgan fingerprint density at radius 2 is 1.91 bits per heavy atom. The Bertz CT molecular complexity index is 1180. The van der Waals surface area contributed by atoms with Crippen molar-refractivity contribution < 1.29 is 34.2 Å². The fraction of sp³-hybridized carbons (Fsp3) is 0.455. The van der Waals surface area contributed by atoms with E-state index in [4.69, 9.17) is 11.0 Å². The number of amides is 1. The van der Waals surface area contributed by atoms with Crippen molar-refractivity contribution in [1.82, 2.24) is 0 Å². The largest absolute Gasteiger partial charge is 0.505 e. The number of hydrogen-bond acceptors (Lipinski definition) is 10. The average Bonchev–Trinajstić information content (AvgIpc) is 2.72. The molecule has 0 radical (unpaired) electrons. The summed E-state index contributed by atoms with van der Waals surface area (Å²) in [6.07, 6.45) is 1.48. The average molecular weight is 454 g/mol. The van der Waals surface area contributed by atoms with Crippen molar-refractivity contribution in [2.45, 2.75) is 24.9 Å². The van der Waals surface area contributed by atoms with Crippen LogP contribution in [0.2, 0.25) is 0 Å². The molecule has 5 N–H and O–H groups in total. The third-order valence-electron chi connectivity index (χ3n) is 7.05. The molecule has 0 aromatic heterocycles. The number of primary amides is 1. The van der Waals surface area contributed by atoms with Crippen molar-refractivity contribution in [3.05, 3.63) is 17.2 Å². The third kappa shape index (κ3) is 2.94. The quantitative estimate of drug-likeness (QED) is 0.196. The molecule has 3 aliphatic carbocycles. The van der Waals surface area contributed by atoms with Gasteiger partial charge in [-0.2, -0.15) is 5.26 Å². The van der Waals surface area contributed by atoms with Crippen molar-refractivity contribution in [3.8, 4) is 11.9 Å². The van der Waals surface area contributed by atoms with Gasteiger partial charge in [-0.1, -0.05) is 0 Å². The van der Waals surface area contributed by atoms with Crippen molar-refractivity contribution >= 4 is 40.4 Å². The molecule has 0 bridgehead atoms. The molecule has 0 aliphatic heterocycles. The molecule has 1 amide bonds. The van der Waals surface area contributed by atoms with Crippen LogP contribution >= 0.6 is 0 Å². The molecule has 0 spiro atoms. The molecule has 1 aromatic carbocycles. The van der Waals surface area contributed by atoms with E-state index in [9.17, 15) is 34.2 Å². The van der Waals surface area contributed by atoms with Gasteiger partial charge in [0.2, 0.25) is 5.91 Å². The summed E-state index contributed by atoms with van der Waals surface area (Å²) in [6, 6.07) is 1.51. The fourth-order valence-corrected chi connectivity index (χ4v) is 5.57. The number of phenolic OH excluding ortho intramolecular Hbond substituents is 1. The van der Waals surface area contributed by atoms with E-state index < -0.39 is 64.1 Å². The van der Waals surface area contributed by atoms with E-state index in [0.29, 0.717) is 11.3 Å². The van der Waals surface area contributed by atoms with Crippen LogP contribution in [-0.4, -0.2) is 58.9 Å². The first-order chi connectivity index (χ1) is 15.4. The number of phenols is 1. The van der Waals surface area contributed by atoms with E-state index in [1.54, 1.807) is 25.2 Å². The highest BCUT2D eigenvalue weighted by atomic mass is 16.3. The molecule has 0 saturated heterocycles. The van der Waals surface area contributed by atoms with E-state index in [2.05, 4.69) is 5.32 Å². The number of ketones is 4. The molecule has 0 heterocycles. The number of nitriles is 1. The molecular weight excluding hydrogens is 432 g/mol. The van der Waals surface area contributed by atoms with Crippen LogP contribution in [-0.2, 0) is 25.6 Å². The summed E-state index contributed by atoms with van der Waals surface area (Å²) in [7, 11) is 3.43. The molecule has 3 aliphatic rings. The number of aromatic hydroxyl groups is 1. The van der Waals surface area contributed by atoms with Gasteiger partial charge >= 0.3 is 0 Å². The van der Waals surface area contributed by atoms with Crippen LogP contribution in [0.15, 0.2) is 6.07 Å². The molecular formula is C22H22N4O7. The zero-order valence-corrected chi connectivity index (χ0v) is 17.9. The molecule has 2 fully saturated rings. The standard InChI is InChI=1S/C22H22N4O7/c1-26(2)12-6-11(25-7-23)17(28)15-10(12)4-8-3-9-5-13(27)16(21(24)32)20(31)22(9,33)19(30)14(8)18(15)29/h6,8-9,14,16,25,28,33H,3-5H2,1-2H3,(H2,24,32)/t8-,9+,14?,16?,22+/m1/s1. The van der Waals surface area contributed by atoms with Gasteiger partial charge in [-0.25, -0.2) is 0 Å². The van der Waals surface area contributed by atoms with Crippen LogP contribution in [0, 0.1) is 35.1 Å². The van der Waals surface area contributed by atoms with Crippen molar-refractivity contribution in [3.63, 3.8) is 0 Å². The number of rotatable bonds is 3. The minimum Gasteiger partial charge on any atom is -0.505 e. The number of anilines is 2. The predicted molar refractivity (Wildman–Crippen MR) is 112 cm³/mol. The Labute approximate surface area is 188 Å². The minimum absolute atomic E-state index is 0.0207. The number of benzene rings is 1. The number of nitrogens with two attached hydrogens (primary N) is 1. The summed E-state index contributed by atoms with van der Waals surface area (Å²) < 4.78 is 0. The van der Waals surface area contributed by atoms with Crippen LogP contribution in [0.5, 0.6) is 5.75 Å². The predicted octanol–water partition coefficient (Wildman–Crippen LogP) is -0.714. The van der Waals surface area contributed by atoms with Gasteiger partial charge in [0.1, 0.15) is 0 Å². The smallest absolute Gasteiger partial charge is 0.235 e. The van der Waals surface area contributed by atoms with Gasteiger partial charge in [-0.15, -0.1) is 0 Å². The lowest BCUT2D eigenvalue weighted by atomic mass is 9.53. The van der Waals surface area contributed by atoms with Gasteiger partial charge in [0.15, 0.2) is 46.6 Å². The van der Waals surface area contributed by atoms with Gasteiger partial charge in [0, 0.05) is 32.1 Å². The summed E-state index contributed by atoms with van der Waals surface area (Å²) in [5.74, 6) is -10.8. The van der Waals surface area contributed by atoms with Gasteiger partial charge in [0.05, 0.1) is 17.2 Å². The summed E-state index contributed by atoms with van der Waals surface area (Å²) >= 11 is 0. The van der Waals surface area contributed by atoms with E-state index in [1.165, 1.54) is 6.07 Å². The summed E-state index contributed by atoms with van der Waals surface area (Å²) in [5, 5.41) is 33.2. The Kier molecular flexibility index (Phi) is 5.01. The lowest BCUT2D eigenvalue weighted by Crippen LogP contribution is -2.68. The van der Waals surface area contributed by atoms with Crippen LogP contribution in [0.3, 0.4) is 0 Å². The lowest BCUT2D eigenvalue weighted by molar-refractivity contribution is -0.175. The molecule has 4 rings (SSSR count). The number of hydrogen-bond donors (Lipinski definition) is 4. The first kappa shape index (κ1) is 22.4. The van der Waals surface area contributed by atoms with Gasteiger partial charge in [-0.3, -0.25) is 29.3 Å². The Morgan fingerprint density at radius 1 is 1.24 bits per heavy atom.